The summed E-state index contributed by atoms with van der Waals surface area (Å²) < 4.78 is 2.03. The number of anilines is 1. The highest BCUT2D eigenvalue weighted by molar-refractivity contribution is 6.17. The molecule has 3 rings (SSSR count). The molecule has 0 aliphatic rings. The molecule has 0 atom stereocenters. The molecule has 0 radical (unpaired) electrons. The van der Waals surface area contributed by atoms with Crippen LogP contribution in [-0.4, -0.2) is 21.4 Å². The molecule has 0 aliphatic heterocycles. The second-order valence-electron chi connectivity index (χ2n) is 4.66. The number of fused-ring (bicyclic) bond motifs is 1. The Hall–Kier alpha value is -2.07. The maximum absolute atomic E-state index is 6.10. The van der Waals surface area contributed by atoms with E-state index in [1.807, 2.05) is 48.0 Å². The highest BCUT2D eigenvalue weighted by Crippen LogP contribution is 2.23. The molecule has 3 heterocycles. The lowest BCUT2D eigenvalue weighted by atomic mass is 10.2. The van der Waals surface area contributed by atoms with E-state index in [4.69, 9.17) is 11.6 Å². The van der Waals surface area contributed by atoms with Crippen LogP contribution in [0.15, 0.2) is 48.9 Å². The number of halogens is 1. The molecule has 0 saturated carbocycles. The molecule has 0 bridgehead atoms. The van der Waals surface area contributed by atoms with E-state index in [9.17, 15) is 0 Å². The maximum Gasteiger partial charge on any atom is 0.152 e. The largest absolute Gasteiger partial charge is 0.354 e. The summed E-state index contributed by atoms with van der Waals surface area (Å²) in [5.41, 5.74) is 3.12. The number of rotatable bonds is 4. The van der Waals surface area contributed by atoms with Crippen LogP contribution in [0.1, 0.15) is 11.3 Å². The van der Waals surface area contributed by atoms with Gasteiger partial charge in [0.2, 0.25) is 0 Å². The highest BCUT2D eigenvalue weighted by Gasteiger charge is 2.14. The van der Waals surface area contributed by atoms with Gasteiger partial charge in [-0.2, -0.15) is 0 Å². The molecular weight excluding hydrogens is 272 g/mol. The minimum atomic E-state index is 0.432. The molecule has 3 aromatic rings. The van der Waals surface area contributed by atoms with Crippen molar-refractivity contribution in [2.45, 2.75) is 12.4 Å². The van der Waals surface area contributed by atoms with Crippen molar-refractivity contribution in [1.29, 1.82) is 0 Å². The zero-order valence-electron chi connectivity index (χ0n) is 11.2. The monoisotopic (exact) mass is 286 g/mol. The SMILES string of the molecule is CN(Cc1ccncc1)c1nc2ccccn2c1CCl. The lowest BCUT2D eigenvalue weighted by Gasteiger charge is -2.17. The van der Waals surface area contributed by atoms with Gasteiger partial charge in [0.1, 0.15) is 5.65 Å². The number of alkyl halides is 1. The molecule has 0 aliphatic carbocycles. The predicted molar refractivity (Wildman–Crippen MR) is 81.1 cm³/mol. The average molecular weight is 287 g/mol. The molecule has 102 valence electrons. The quantitative estimate of drug-likeness (QED) is 0.691. The molecule has 0 N–H and O–H groups in total. The summed E-state index contributed by atoms with van der Waals surface area (Å²) in [5.74, 6) is 1.35. The van der Waals surface area contributed by atoms with Gasteiger partial charge >= 0.3 is 0 Å². The Bertz CT molecular complexity index is 708. The summed E-state index contributed by atoms with van der Waals surface area (Å²) in [7, 11) is 2.03. The number of nitrogens with zero attached hydrogens (tertiary/aromatic N) is 4. The van der Waals surface area contributed by atoms with E-state index in [0.717, 1.165) is 23.7 Å². The normalized spacial score (nSPS) is 10.9. The summed E-state index contributed by atoms with van der Waals surface area (Å²) in [6.45, 7) is 0.774. The van der Waals surface area contributed by atoms with Crippen molar-refractivity contribution in [3.8, 4) is 0 Å². The van der Waals surface area contributed by atoms with Gasteiger partial charge in [-0.3, -0.25) is 4.98 Å². The van der Waals surface area contributed by atoms with Crippen LogP contribution in [-0.2, 0) is 12.4 Å². The first kappa shape index (κ1) is 12.9. The van der Waals surface area contributed by atoms with Gasteiger partial charge in [-0.25, -0.2) is 4.98 Å². The lowest BCUT2D eigenvalue weighted by Crippen LogP contribution is -2.18. The summed E-state index contributed by atoms with van der Waals surface area (Å²) in [6, 6.07) is 9.96. The maximum atomic E-state index is 6.10. The zero-order chi connectivity index (χ0) is 13.9. The second kappa shape index (κ2) is 5.51. The van der Waals surface area contributed by atoms with Gasteiger partial charge in [0.15, 0.2) is 5.82 Å². The first-order valence-electron chi connectivity index (χ1n) is 6.41. The average Bonchev–Trinajstić information content (AvgIpc) is 2.87. The Labute approximate surface area is 122 Å². The van der Waals surface area contributed by atoms with Gasteiger partial charge in [0, 0.05) is 32.2 Å². The topological polar surface area (TPSA) is 33.4 Å². The molecule has 4 nitrogen and oxygen atoms in total. The standard InChI is InChI=1S/C15H15ClN4/c1-19(11-12-5-7-17-8-6-12)15-13(10-16)20-9-3-2-4-14(20)18-15/h2-9H,10-11H2,1H3. The summed E-state index contributed by atoms with van der Waals surface area (Å²) in [6.07, 6.45) is 5.59. The fourth-order valence-electron chi connectivity index (χ4n) is 2.30. The van der Waals surface area contributed by atoms with E-state index >= 15 is 0 Å². The fraction of sp³-hybridized carbons (Fsp3) is 0.200. The number of hydrogen-bond acceptors (Lipinski definition) is 3. The Morgan fingerprint density at radius 1 is 1.20 bits per heavy atom. The van der Waals surface area contributed by atoms with E-state index in [2.05, 4.69) is 14.9 Å². The third-order valence-corrected chi connectivity index (χ3v) is 3.52. The Morgan fingerprint density at radius 3 is 2.75 bits per heavy atom. The number of aromatic nitrogens is 3. The van der Waals surface area contributed by atoms with Crippen LogP contribution in [0, 0.1) is 0 Å². The summed E-state index contributed by atoms with van der Waals surface area (Å²) >= 11 is 6.10. The third-order valence-electron chi connectivity index (χ3n) is 3.26. The van der Waals surface area contributed by atoms with Crippen LogP contribution in [0.5, 0.6) is 0 Å². The van der Waals surface area contributed by atoms with Crippen LogP contribution in [0.25, 0.3) is 5.65 Å². The van der Waals surface area contributed by atoms with Crippen molar-refractivity contribution in [1.82, 2.24) is 14.4 Å². The highest BCUT2D eigenvalue weighted by atomic mass is 35.5. The van der Waals surface area contributed by atoms with Crippen LogP contribution in [0.3, 0.4) is 0 Å². The Morgan fingerprint density at radius 2 is 2.00 bits per heavy atom. The van der Waals surface area contributed by atoms with E-state index in [1.165, 1.54) is 5.56 Å². The predicted octanol–water partition coefficient (Wildman–Crippen LogP) is 3.10. The molecule has 3 aromatic heterocycles. The van der Waals surface area contributed by atoms with Crippen molar-refractivity contribution >= 4 is 23.1 Å². The van der Waals surface area contributed by atoms with E-state index in [0.29, 0.717) is 5.88 Å². The van der Waals surface area contributed by atoms with Gasteiger partial charge in [-0.15, -0.1) is 11.6 Å². The first-order chi connectivity index (χ1) is 9.79. The minimum Gasteiger partial charge on any atom is -0.354 e. The van der Waals surface area contributed by atoms with Gasteiger partial charge < -0.3 is 9.30 Å². The molecule has 0 saturated heterocycles. The number of hydrogen-bond donors (Lipinski definition) is 0. The molecule has 0 aromatic carbocycles. The van der Waals surface area contributed by atoms with Gasteiger partial charge in [0.25, 0.3) is 0 Å². The minimum absolute atomic E-state index is 0.432. The molecule has 0 fully saturated rings. The fourth-order valence-corrected chi connectivity index (χ4v) is 2.55. The second-order valence-corrected chi connectivity index (χ2v) is 4.92. The van der Waals surface area contributed by atoms with E-state index < -0.39 is 0 Å². The number of pyridine rings is 2. The molecule has 0 unspecified atom stereocenters. The van der Waals surface area contributed by atoms with E-state index in [-0.39, 0.29) is 0 Å². The van der Waals surface area contributed by atoms with Crippen LogP contribution in [0.4, 0.5) is 5.82 Å². The van der Waals surface area contributed by atoms with E-state index in [1.54, 1.807) is 12.4 Å². The van der Waals surface area contributed by atoms with Gasteiger partial charge in [0.05, 0.1) is 11.6 Å². The molecule has 20 heavy (non-hydrogen) atoms. The van der Waals surface area contributed by atoms with Crippen LogP contribution in [0.2, 0.25) is 0 Å². The first-order valence-corrected chi connectivity index (χ1v) is 6.95. The lowest BCUT2D eigenvalue weighted by molar-refractivity contribution is 0.892. The zero-order valence-corrected chi connectivity index (χ0v) is 12.0. The molecule has 0 spiro atoms. The van der Waals surface area contributed by atoms with Gasteiger partial charge in [-0.1, -0.05) is 6.07 Å². The Balaban J connectivity index is 1.97. The summed E-state index contributed by atoms with van der Waals surface area (Å²) in [5, 5.41) is 0. The summed E-state index contributed by atoms with van der Waals surface area (Å²) in [4.78, 5) is 10.8. The van der Waals surface area contributed by atoms with Crippen molar-refractivity contribution in [3.05, 3.63) is 60.2 Å². The van der Waals surface area contributed by atoms with Crippen molar-refractivity contribution < 1.29 is 0 Å². The van der Waals surface area contributed by atoms with Crippen molar-refractivity contribution in [2.75, 3.05) is 11.9 Å². The number of imidazole rings is 1. The van der Waals surface area contributed by atoms with Crippen molar-refractivity contribution in [3.63, 3.8) is 0 Å². The smallest absolute Gasteiger partial charge is 0.152 e. The molecule has 5 heteroatoms. The van der Waals surface area contributed by atoms with Crippen LogP contribution >= 0.6 is 11.6 Å². The third kappa shape index (κ3) is 2.34. The van der Waals surface area contributed by atoms with Crippen LogP contribution < -0.4 is 4.90 Å². The Kier molecular flexibility index (Phi) is 3.56. The van der Waals surface area contributed by atoms with Crippen molar-refractivity contribution in [2.24, 2.45) is 0 Å². The van der Waals surface area contributed by atoms with Gasteiger partial charge in [-0.05, 0) is 29.8 Å². The molecule has 0 amide bonds. The molecular formula is C15H15ClN4.